The molecule has 18 heavy (non-hydrogen) atoms. The van der Waals surface area contributed by atoms with Gasteiger partial charge in [0.05, 0.1) is 0 Å². The lowest BCUT2D eigenvalue weighted by molar-refractivity contribution is 0.517. The van der Waals surface area contributed by atoms with Crippen molar-refractivity contribution >= 4 is 0 Å². The fraction of sp³-hybridized carbons (Fsp3) is 0.267. The zero-order valence-electron chi connectivity index (χ0n) is 10.4. The average molecular weight is 244 g/mol. The van der Waals surface area contributed by atoms with Crippen LogP contribution in [-0.4, -0.2) is 4.98 Å². The van der Waals surface area contributed by atoms with Crippen molar-refractivity contribution in [1.29, 1.82) is 0 Å². The van der Waals surface area contributed by atoms with Crippen molar-refractivity contribution in [3.63, 3.8) is 0 Å². The predicted molar refractivity (Wildman–Crippen MR) is 70.5 cm³/mol. The molecule has 1 aromatic carbocycles. The molecule has 0 aliphatic carbocycles. The molecule has 94 valence electrons. The molecule has 1 atom stereocenters. The van der Waals surface area contributed by atoms with Gasteiger partial charge in [-0.1, -0.05) is 19.1 Å². The van der Waals surface area contributed by atoms with Crippen molar-refractivity contribution in [2.75, 3.05) is 0 Å². The molecule has 0 aliphatic heterocycles. The number of rotatable bonds is 5. The van der Waals surface area contributed by atoms with Gasteiger partial charge in [-0.15, -0.1) is 0 Å². The Morgan fingerprint density at radius 1 is 1.11 bits per heavy atom. The second-order valence-corrected chi connectivity index (χ2v) is 4.25. The third-order valence-electron chi connectivity index (χ3n) is 2.98. The van der Waals surface area contributed by atoms with Crippen molar-refractivity contribution in [3.05, 3.63) is 65.7 Å². The molecule has 0 amide bonds. The van der Waals surface area contributed by atoms with E-state index in [9.17, 15) is 4.39 Å². The summed E-state index contributed by atoms with van der Waals surface area (Å²) in [4.78, 5) is 3.99. The van der Waals surface area contributed by atoms with Crippen LogP contribution in [0.25, 0.3) is 0 Å². The van der Waals surface area contributed by atoms with E-state index in [-0.39, 0.29) is 11.9 Å². The number of benzene rings is 1. The fourth-order valence-corrected chi connectivity index (χ4v) is 1.93. The Balaban J connectivity index is 1.99. The summed E-state index contributed by atoms with van der Waals surface area (Å²) in [5, 5.41) is 3.47. The summed E-state index contributed by atoms with van der Waals surface area (Å²) in [7, 11) is 0. The number of nitrogens with zero attached hydrogens (tertiary/aromatic N) is 1. The fourth-order valence-electron chi connectivity index (χ4n) is 1.93. The Kier molecular flexibility index (Phi) is 4.42. The van der Waals surface area contributed by atoms with Crippen LogP contribution >= 0.6 is 0 Å². The van der Waals surface area contributed by atoms with E-state index >= 15 is 0 Å². The highest BCUT2D eigenvalue weighted by Gasteiger charge is 2.08. The van der Waals surface area contributed by atoms with E-state index in [2.05, 4.69) is 17.2 Å². The second-order valence-electron chi connectivity index (χ2n) is 4.25. The Labute approximate surface area is 107 Å². The van der Waals surface area contributed by atoms with Crippen LogP contribution in [-0.2, 0) is 6.54 Å². The third kappa shape index (κ3) is 3.37. The summed E-state index contributed by atoms with van der Waals surface area (Å²) in [6, 6.07) is 10.9. The van der Waals surface area contributed by atoms with Gasteiger partial charge < -0.3 is 5.32 Å². The quantitative estimate of drug-likeness (QED) is 0.871. The molecule has 0 bridgehead atoms. The number of nitrogens with one attached hydrogen (secondary N) is 1. The zero-order valence-corrected chi connectivity index (χ0v) is 10.4. The van der Waals surface area contributed by atoms with Crippen molar-refractivity contribution in [2.45, 2.75) is 25.9 Å². The maximum Gasteiger partial charge on any atom is 0.123 e. The van der Waals surface area contributed by atoms with E-state index in [1.165, 1.54) is 17.7 Å². The van der Waals surface area contributed by atoms with E-state index in [0.717, 1.165) is 18.5 Å². The molecular formula is C15H17FN2. The molecule has 0 saturated heterocycles. The van der Waals surface area contributed by atoms with Crippen LogP contribution in [0.5, 0.6) is 0 Å². The van der Waals surface area contributed by atoms with Crippen LogP contribution in [0.3, 0.4) is 0 Å². The summed E-state index contributed by atoms with van der Waals surface area (Å²) in [6.07, 6.45) is 4.54. The van der Waals surface area contributed by atoms with Crippen molar-refractivity contribution in [3.8, 4) is 0 Å². The van der Waals surface area contributed by atoms with E-state index in [4.69, 9.17) is 0 Å². The molecule has 2 nitrogen and oxygen atoms in total. The van der Waals surface area contributed by atoms with Crippen molar-refractivity contribution in [1.82, 2.24) is 10.3 Å². The van der Waals surface area contributed by atoms with E-state index in [1.807, 2.05) is 24.3 Å². The molecule has 0 spiro atoms. The van der Waals surface area contributed by atoms with Crippen LogP contribution in [0.15, 0.2) is 48.8 Å². The van der Waals surface area contributed by atoms with Gasteiger partial charge in [0, 0.05) is 25.0 Å². The summed E-state index contributed by atoms with van der Waals surface area (Å²) in [5.41, 5.74) is 2.32. The molecule has 0 saturated carbocycles. The molecular weight excluding hydrogens is 227 g/mol. The molecule has 3 heteroatoms. The summed E-state index contributed by atoms with van der Waals surface area (Å²) in [5.74, 6) is -0.192. The molecule has 1 aromatic heterocycles. The molecule has 1 N–H and O–H groups in total. The zero-order chi connectivity index (χ0) is 12.8. The number of hydrogen-bond donors (Lipinski definition) is 1. The minimum atomic E-state index is -0.192. The lowest BCUT2D eigenvalue weighted by Crippen LogP contribution is -2.20. The number of aromatic nitrogens is 1. The first kappa shape index (κ1) is 12.7. The van der Waals surface area contributed by atoms with E-state index in [1.54, 1.807) is 12.4 Å². The maximum absolute atomic E-state index is 12.9. The van der Waals surface area contributed by atoms with Crippen LogP contribution < -0.4 is 5.32 Å². The summed E-state index contributed by atoms with van der Waals surface area (Å²) >= 11 is 0. The van der Waals surface area contributed by atoms with E-state index in [0.29, 0.717) is 0 Å². The monoisotopic (exact) mass is 244 g/mol. The Hall–Kier alpha value is -1.74. The molecule has 2 aromatic rings. The predicted octanol–water partition coefficient (Wildman–Crippen LogP) is 3.46. The molecule has 0 radical (unpaired) electrons. The highest BCUT2D eigenvalue weighted by Crippen LogP contribution is 2.17. The second kappa shape index (κ2) is 6.26. The SMILES string of the molecule is CCC(NCc1ccncc1)c1ccc(F)cc1. The lowest BCUT2D eigenvalue weighted by Gasteiger charge is -2.17. The first-order chi connectivity index (χ1) is 8.79. The third-order valence-corrected chi connectivity index (χ3v) is 2.98. The van der Waals surface area contributed by atoms with Gasteiger partial charge in [-0.3, -0.25) is 4.98 Å². The van der Waals surface area contributed by atoms with Crippen LogP contribution in [0.1, 0.15) is 30.5 Å². The molecule has 0 aliphatic rings. The number of hydrogen-bond acceptors (Lipinski definition) is 2. The van der Waals surface area contributed by atoms with Gasteiger partial charge in [-0.05, 0) is 41.8 Å². The largest absolute Gasteiger partial charge is 0.306 e. The minimum absolute atomic E-state index is 0.192. The molecule has 2 rings (SSSR count). The van der Waals surface area contributed by atoms with Gasteiger partial charge in [0.25, 0.3) is 0 Å². The van der Waals surface area contributed by atoms with Gasteiger partial charge in [0.15, 0.2) is 0 Å². The van der Waals surface area contributed by atoms with Gasteiger partial charge >= 0.3 is 0 Å². The minimum Gasteiger partial charge on any atom is -0.306 e. The van der Waals surface area contributed by atoms with Crippen molar-refractivity contribution < 1.29 is 4.39 Å². The van der Waals surface area contributed by atoms with Gasteiger partial charge in [0.2, 0.25) is 0 Å². The maximum atomic E-state index is 12.9. The average Bonchev–Trinajstić information content (AvgIpc) is 2.42. The Morgan fingerprint density at radius 2 is 1.78 bits per heavy atom. The molecule has 0 fully saturated rings. The summed E-state index contributed by atoms with van der Waals surface area (Å²) in [6.45, 7) is 2.91. The Bertz CT molecular complexity index is 468. The normalized spacial score (nSPS) is 12.3. The first-order valence-electron chi connectivity index (χ1n) is 6.17. The van der Waals surface area contributed by atoms with Gasteiger partial charge in [-0.2, -0.15) is 0 Å². The van der Waals surface area contributed by atoms with E-state index < -0.39 is 0 Å². The highest BCUT2D eigenvalue weighted by molar-refractivity contribution is 5.20. The van der Waals surface area contributed by atoms with Crippen LogP contribution in [0.4, 0.5) is 4.39 Å². The topological polar surface area (TPSA) is 24.9 Å². The lowest BCUT2D eigenvalue weighted by atomic mass is 10.0. The van der Waals surface area contributed by atoms with Gasteiger partial charge in [-0.25, -0.2) is 4.39 Å². The van der Waals surface area contributed by atoms with Crippen LogP contribution in [0, 0.1) is 5.82 Å². The molecule has 1 heterocycles. The highest BCUT2D eigenvalue weighted by atomic mass is 19.1. The Morgan fingerprint density at radius 3 is 2.39 bits per heavy atom. The number of pyridine rings is 1. The smallest absolute Gasteiger partial charge is 0.123 e. The van der Waals surface area contributed by atoms with Crippen LogP contribution in [0.2, 0.25) is 0 Å². The van der Waals surface area contributed by atoms with Crippen molar-refractivity contribution in [2.24, 2.45) is 0 Å². The van der Waals surface area contributed by atoms with Gasteiger partial charge in [0.1, 0.15) is 5.82 Å². The standard InChI is InChI=1S/C15H17FN2/c1-2-15(13-3-5-14(16)6-4-13)18-11-12-7-9-17-10-8-12/h3-10,15,18H,2,11H2,1H3. The summed E-state index contributed by atoms with van der Waals surface area (Å²) < 4.78 is 12.9. The molecule has 1 unspecified atom stereocenters. The number of halogens is 1. The first-order valence-corrected chi connectivity index (χ1v) is 6.17.